The SMILES string of the molecule is CCCCn1c(CCC(=O)N(CCC)CCC)nc2cc(S(=O)(=O)N3CCOCC3)ccc21. The minimum atomic E-state index is -3.58. The van der Waals surface area contributed by atoms with Gasteiger partial charge in [-0.25, -0.2) is 13.4 Å². The van der Waals surface area contributed by atoms with Crippen LogP contribution in [0.25, 0.3) is 11.0 Å². The van der Waals surface area contributed by atoms with Crippen molar-refractivity contribution < 1.29 is 17.9 Å². The van der Waals surface area contributed by atoms with Crippen molar-refractivity contribution in [1.82, 2.24) is 18.8 Å². The highest BCUT2D eigenvalue weighted by Crippen LogP contribution is 2.25. The number of carbonyl (C=O) groups excluding carboxylic acids is 1. The van der Waals surface area contributed by atoms with Gasteiger partial charge in [0.1, 0.15) is 5.82 Å². The lowest BCUT2D eigenvalue weighted by Crippen LogP contribution is -2.40. The van der Waals surface area contributed by atoms with Gasteiger partial charge < -0.3 is 14.2 Å². The first kappa shape index (κ1) is 25.6. The Bertz CT molecular complexity index is 1020. The lowest BCUT2D eigenvalue weighted by atomic mass is 10.2. The topological polar surface area (TPSA) is 84.7 Å². The Labute approximate surface area is 198 Å². The molecule has 0 atom stereocenters. The Balaban J connectivity index is 1.86. The fourth-order valence-electron chi connectivity index (χ4n) is 4.29. The number of nitrogens with zero attached hydrogens (tertiary/aromatic N) is 4. The van der Waals surface area contributed by atoms with Crippen LogP contribution in [-0.2, 0) is 32.5 Å². The monoisotopic (exact) mass is 478 g/mol. The van der Waals surface area contributed by atoms with E-state index in [0.29, 0.717) is 44.7 Å². The molecule has 1 aliphatic rings. The number of carbonyl (C=O) groups is 1. The van der Waals surface area contributed by atoms with E-state index in [-0.39, 0.29) is 10.8 Å². The number of aromatic nitrogens is 2. The summed E-state index contributed by atoms with van der Waals surface area (Å²) in [7, 11) is -3.58. The van der Waals surface area contributed by atoms with E-state index >= 15 is 0 Å². The highest BCUT2D eigenvalue weighted by Gasteiger charge is 2.27. The molecule has 0 aliphatic carbocycles. The zero-order chi connectivity index (χ0) is 23.8. The molecule has 0 unspecified atom stereocenters. The molecular formula is C24H38N4O4S. The molecule has 3 rings (SSSR count). The number of amides is 1. The Kier molecular flexibility index (Phi) is 9.28. The van der Waals surface area contributed by atoms with Crippen LogP contribution in [0, 0.1) is 0 Å². The molecule has 1 fully saturated rings. The maximum atomic E-state index is 13.1. The Morgan fingerprint density at radius 3 is 2.42 bits per heavy atom. The van der Waals surface area contributed by atoms with Crippen LogP contribution >= 0.6 is 0 Å². The van der Waals surface area contributed by atoms with Crippen LogP contribution in [0.5, 0.6) is 0 Å². The smallest absolute Gasteiger partial charge is 0.243 e. The first-order valence-electron chi connectivity index (χ1n) is 12.3. The molecular weight excluding hydrogens is 440 g/mol. The lowest BCUT2D eigenvalue weighted by Gasteiger charge is -2.26. The van der Waals surface area contributed by atoms with Gasteiger partial charge in [-0.1, -0.05) is 27.2 Å². The van der Waals surface area contributed by atoms with Crippen LogP contribution in [0.3, 0.4) is 0 Å². The molecule has 0 spiro atoms. The van der Waals surface area contributed by atoms with Gasteiger partial charge in [-0.3, -0.25) is 4.79 Å². The predicted octanol–water partition coefficient (Wildman–Crippen LogP) is 3.44. The van der Waals surface area contributed by atoms with Crippen molar-refractivity contribution in [3.8, 4) is 0 Å². The van der Waals surface area contributed by atoms with Crippen LogP contribution in [0.15, 0.2) is 23.1 Å². The minimum absolute atomic E-state index is 0.156. The minimum Gasteiger partial charge on any atom is -0.379 e. The van der Waals surface area contributed by atoms with Gasteiger partial charge in [0.25, 0.3) is 0 Å². The molecule has 184 valence electrons. The van der Waals surface area contributed by atoms with Crippen molar-refractivity contribution in [2.75, 3.05) is 39.4 Å². The van der Waals surface area contributed by atoms with E-state index < -0.39 is 10.0 Å². The van der Waals surface area contributed by atoms with E-state index in [1.165, 1.54) is 4.31 Å². The number of hydrogen-bond acceptors (Lipinski definition) is 5. The van der Waals surface area contributed by atoms with Gasteiger partial charge >= 0.3 is 0 Å². The van der Waals surface area contributed by atoms with E-state index in [0.717, 1.165) is 56.7 Å². The van der Waals surface area contributed by atoms with E-state index in [9.17, 15) is 13.2 Å². The Hall–Kier alpha value is -1.97. The van der Waals surface area contributed by atoms with Gasteiger partial charge in [-0.15, -0.1) is 0 Å². The lowest BCUT2D eigenvalue weighted by molar-refractivity contribution is -0.131. The largest absolute Gasteiger partial charge is 0.379 e. The molecule has 1 aromatic carbocycles. The van der Waals surface area contributed by atoms with Crippen molar-refractivity contribution in [3.63, 3.8) is 0 Å². The summed E-state index contributed by atoms with van der Waals surface area (Å²) in [5, 5.41) is 0. The number of hydrogen-bond donors (Lipinski definition) is 0. The normalized spacial score (nSPS) is 15.2. The van der Waals surface area contributed by atoms with E-state index in [2.05, 4.69) is 25.3 Å². The second kappa shape index (κ2) is 11.9. The zero-order valence-corrected chi connectivity index (χ0v) is 21.1. The van der Waals surface area contributed by atoms with E-state index in [1.807, 2.05) is 11.0 Å². The van der Waals surface area contributed by atoms with Crippen LogP contribution in [0.4, 0.5) is 0 Å². The molecule has 8 nitrogen and oxygen atoms in total. The van der Waals surface area contributed by atoms with Gasteiger partial charge in [-0.2, -0.15) is 4.31 Å². The number of rotatable bonds is 12. The van der Waals surface area contributed by atoms with Gasteiger partial charge in [0.2, 0.25) is 15.9 Å². The number of ether oxygens (including phenoxy) is 1. The molecule has 2 aromatic rings. The number of morpholine rings is 1. The van der Waals surface area contributed by atoms with E-state index in [1.54, 1.807) is 12.1 Å². The molecule has 0 N–H and O–H groups in total. The number of benzene rings is 1. The van der Waals surface area contributed by atoms with Crippen LogP contribution < -0.4 is 0 Å². The van der Waals surface area contributed by atoms with Gasteiger partial charge in [-0.05, 0) is 37.5 Å². The highest BCUT2D eigenvalue weighted by atomic mass is 32.2. The third-order valence-electron chi connectivity index (χ3n) is 6.04. The molecule has 0 bridgehead atoms. The predicted molar refractivity (Wildman–Crippen MR) is 130 cm³/mol. The van der Waals surface area contributed by atoms with Crippen molar-refractivity contribution >= 4 is 27.0 Å². The summed E-state index contributed by atoms with van der Waals surface area (Å²) in [5.74, 6) is 1.00. The maximum Gasteiger partial charge on any atom is 0.243 e. The quantitative estimate of drug-likeness (QED) is 0.467. The Morgan fingerprint density at radius 1 is 1.09 bits per heavy atom. The number of sulfonamides is 1. The van der Waals surface area contributed by atoms with Gasteiger partial charge in [0.15, 0.2) is 0 Å². The molecule has 0 saturated carbocycles. The van der Waals surface area contributed by atoms with Crippen LogP contribution in [0.1, 0.15) is 58.7 Å². The Morgan fingerprint density at radius 2 is 1.79 bits per heavy atom. The van der Waals surface area contributed by atoms with Crippen molar-refractivity contribution in [1.29, 1.82) is 0 Å². The summed E-state index contributed by atoms with van der Waals surface area (Å²) in [6, 6.07) is 5.21. The standard InChI is InChI=1S/C24H38N4O4S/c1-4-7-14-28-22-9-8-20(33(30,31)27-15-17-32-18-16-27)19-21(22)25-23(28)10-11-24(29)26(12-5-2)13-6-3/h8-9,19H,4-7,10-18H2,1-3H3. The summed E-state index contributed by atoms with van der Waals surface area (Å²) in [6.07, 6.45) is 4.89. The molecule has 0 radical (unpaired) electrons. The maximum absolute atomic E-state index is 13.1. The van der Waals surface area contributed by atoms with Gasteiger partial charge in [0.05, 0.1) is 29.1 Å². The highest BCUT2D eigenvalue weighted by molar-refractivity contribution is 7.89. The second-order valence-electron chi connectivity index (χ2n) is 8.58. The summed E-state index contributed by atoms with van der Waals surface area (Å²) >= 11 is 0. The average molecular weight is 479 g/mol. The fourth-order valence-corrected chi connectivity index (χ4v) is 5.72. The van der Waals surface area contributed by atoms with Crippen LogP contribution in [0.2, 0.25) is 0 Å². The third kappa shape index (κ3) is 6.13. The summed E-state index contributed by atoms with van der Waals surface area (Å²) in [5.41, 5.74) is 1.59. The number of fused-ring (bicyclic) bond motifs is 1. The third-order valence-corrected chi connectivity index (χ3v) is 7.94. The molecule has 9 heteroatoms. The molecule has 1 aromatic heterocycles. The average Bonchev–Trinajstić information content (AvgIpc) is 3.18. The molecule has 2 heterocycles. The first-order valence-corrected chi connectivity index (χ1v) is 13.7. The van der Waals surface area contributed by atoms with Crippen molar-refractivity contribution in [2.24, 2.45) is 0 Å². The molecule has 33 heavy (non-hydrogen) atoms. The summed E-state index contributed by atoms with van der Waals surface area (Å²) in [4.78, 5) is 19.8. The number of unbranched alkanes of at least 4 members (excludes halogenated alkanes) is 1. The number of imidazole rings is 1. The van der Waals surface area contributed by atoms with Crippen molar-refractivity contribution in [2.45, 2.75) is 70.7 Å². The summed E-state index contributed by atoms with van der Waals surface area (Å²) in [6.45, 7) is 10.2. The van der Waals surface area contributed by atoms with E-state index in [4.69, 9.17) is 9.72 Å². The van der Waals surface area contributed by atoms with Crippen LogP contribution in [-0.4, -0.2) is 72.5 Å². The van der Waals surface area contributed by atoms with Crippen molar-refractivity contribution in [3.05, 3.63) is 24.0 Å². The number of aryl methyl sites for hydroxylation is 2. The second-order valence-corrected chi connectivity index (χ2v) is 10.5. The van der Waals surface area contributed by atoms with Gasteiger partial charge in [0, 0.05) is 45.6 Å². The fraction of sp³-hybridized carbons (Fsp3) is 0.667. The molecule has 1 amide bonds. The summed E-state index contributed by atoms with van der Waals surface area (Å²) < 4.78 is 35.1. The zero-order valence-electron chi connectivity index (χ0n) is 20.3. The molecule has 1 aliphatic heterocycles. The molecule has 1 saturated heterocycles. The first-order chi connectivity index (χ1) is 15.9.